The van der Waals surface area contributed by atoms with Crippen LogP contribution >= 0.6 is 0 Å². The van der Waals surface area contributed by atoms with Gasteiger partial charge in [-0.25, -0.2) is 0 Å². The summed E-state index contributed by atoms with van der Waals surface area (Å²) >= 11 is 0. The maximum absolute atomic E-state index is 12.2. The van der Waals surface area contributed by atoms with Gasteiger partial charge in [-0.1, -0.05) is 23.4 Å². The van der Waals surface area contributed by atoms with Gasteiger partial charge in [0, 0.05) is 64.6 Å². The lowest BCUT2D eigenvalue weighted by atomic mass is 10.2. The highest BCUT2D eigenvalue weighted by Gasteiger charge is 2.19. The number of aryl methyl sites for hydroxylation is 1. The Morgan fingerprint density at radius 2 is 1.89 bits per heavy atom. The molecular weight excluding hydrogens is 354 g/mol. The average Bonchev–Trinajstić information content (AvgIpc) is 3.12. The van der Waals surface area contributed by atoms with E-state index in [-0.39, 0.29) is 5.91 Å². The van der Waals surface area contributed by atoms with Gasteiger partial charge in [0.2, 0.25) is 5.91 Å². The maximum Gasteiger partial charge on any atom is 0.234 e. The van der Waals surface area contributed by atoms with Gasteiger partial charge in [0.25, 0.3) is 0 Å². The third-order valence-electron chi connectivity index (χ3n) is 5.08. The Balaban J connectivity index is 1.27. The Labute approximate surface area is 167 Å². The van der Waals surface area contributed by atoms with Crippen molar-refractivity contribution in [3.05, 3.63) is 47.9 Å². The van der Waals surface area contributed by atoms with Crippen LogP contribution in [-0.2, 0) is 11.3 Å². The van der Waals surface area contributed by atoms with Crippen LogP contribution in [0.1, 0.15) is 17.9 Å². The Kier molecular flexibility index (Phi) is 7.45. The Hall–Kier alpha value is -2.38. The summed E-state index contributed by atoms with van der Waals surface area (Å²) in [5, 5.41) is 7.10. The Bertz CT molecular complexity index is 725. The van der Waals surface area contributed by atoms with Crippen LogP contribution in [-0.4, -0.2) is 73.7 Å². The minimum absolute atomic E-state index is 0.114. The lowest BCUT2D eigenvalue weighted by molar-refractivity contribution is -0.122. The van der Waals surface area contributed by atoms with Gasteiger partial charge in [-0.3, -0.25) is 14.6 Å². The molecule has 1 N–H and O–H groups in total. The van der Waals surface area contributed by atoms with Gasteiger partial charge in [-0.2, -0.15) is 0 Å². The second-order valence-corrected chi connectivity index (χ2v) is 7.44. The van der Waals surface area contributed by atoms with Crippen LogP contribution < -0.4 is 10.2 Å². The lowest BCUT2D eigenvalue weighted by Gasteiger charge is -2.33. The molecule has 7 nitrogen and oxygen atoms in total. The number of para-hydroxylation sites is 1. The first-order valence-electron chi connectivity index (χ1n) is 10.00. The third kappa shape index (κ3) is 6.35. The number of carbonyl (C=O) groups excluding carboxylic acids is 1. The molecule has 0 radical (unpaired) electrons. The van der Waals surface area contributed by atoms with E-state index in [0.29, 0.717) is 13.1 Å². The van der Waals surface area contributed by atoms with Crippen LogP contribution in [0.15, 0.2) is 40.9 Å². The van der Waals surface area contributed by atoms with Crippen LogP contribution in [0.2, 0.25) is 0 Å². The number of hydrogen-bond acceptors (Lipinski definition) is 6. The SMILES string of the molecule is Cc1cc(CN2CCN(CC(=O)NCCCN(C)c3ccccc3)CC2)no1. The van der Waals surface area contributed by atoms with Gasteiger partial charge in [0.15, 0.2) is 0 Å². The molecule has 1 aliphatic rings. The molecule has 1 aliphatic heterocycles. The zero-order valence-corrected chi connectivity index (χ0v) is 16.9. The second kappa shape index (κ2) is 10.2. The zero-order valence-electron chi connectivity index (χ0n) is 16.9. The Morgan fingerprint density at radius 3 is 2.57 bits per heavy atom. The number of carbonyl (C=O) groups is 1. The molecule has 0 saturated carbocycles. The van der Waals surface area contributed by atoms with Crippen molar-refractivity contribution in [2.24, 2.45) is 0 Å². The molecule has 0 atom stereocenters. The minimum atomic E-state index is 0.114. The standard InChI is InChI=1S/C21H31N5O2/c1-18-15-19(23-28-18)16-25-11-13-26(14-12-25)17-21(27)22-9-6-10-24(2)20-7-4-3-5-8-20/h3-5,7-8,15H,6,9-14,16-17H2,1-2H3,(H,22,27). The number of hydrogen-bond donors (Lipinski definition) is 1. The number of amides is 1. The molecule has 2 aromatic rings. The van der Waals surface area contributed by atoms with Crippen LogP contribution in [0, 0.1) is 6.92 Å². The highest BCUT2D eigenvalue weighted by atomic mass is 16.5. The van der Waals surface area contributed by atoms with Gasteiger partial charge in [0.1, 0.15) is 5.76 Å². The number of rotatable bonds is 9. The van der Waals surface area contributed by atoms with Crippen LogP contribution in [0.5, 0.6) is 0 Å². The number of aromatic nitrogens is 1. The van der Waals surface area contributed by atoms with Crippen molar-refractivity contribution in [2.45, 2.75) is 19.9 Å². The highest BCUT2D eigenvalue weighted by molar-refractivity contribution is 5.78. The first-order chi connectivity index (χ1) is 13.6. The average molecular weight is 386 g/mol. The van der Waals surface area contributed by atoms with Gasteiger partial charge in [0.05, 0.1) is 12.2 Å². The van der Waals surface area contributed by atoms with E-state index in [9.17, 15) is 4.79 Å². The molecule has 0 aliphatic carbocycles. The van der Waals surface area contributed by atoms with Crippen molar-refractivity contribution in [1.82, 2.24) is 20.3 Å². The number of benzene rings is 1. The van der Waals surface area contributed by atoms with E-state index in [1.807, 2.05) is 31.2 Å². The van der Waals surface area contributed by atoms with E-state index in [2.05, 4.69) is 44.4 Å². The number of nitrogens with zero attached hydrogens (tertiary/aromatic N) is 4. The molecule has 3 rings (SSSR count). The van der Waals surface area contributed by atoms with E-state index >= 15 is 0 Å². The first-order valence-corrected chi connectivity index (χ1v) is 10.00. The number of nitrogens with one attached hydrogen (secondary N) is 1. The van der Waals surface area contributed by atoms with E-state index in [1.54, 1.807) is 0 Å². The molecule has 28 heavy (non-hydrogen) atoms. The molecule has 0 bridgehead atoms. The quantitative estimate of drug-likeness (QED) is 0.664. The predicted molar refractivity (Wildman–Crippen MR) is 110 cm³/mol. The second-order valence-electron chi connectivity index (χ2n) is 7.44. The number of anilines is 1. The van der Waals surface area contributed by atoms with Crippen molar-refractivity contribution in [2.75, 3.05) is 57.8 Å². The molecule has 0 spiro atoms. The smallest absolute Gasteiger partial charge is 0.234 e. The van der Waals surface area contributed by atoms with Crippen molar-refractivity contribution in [1.29, 1.82) is 0 Å². The zero-order chi connectivity index (χ0) is 19.8. The van der Waals surface area contributed by atoms with Gasteiger partial charge < -0.3 is 14.7 Å². The monoisotopic (exact) mass is 385 g/mol. The summed E-state index contributed by atoms with van der Waals surface area (Å²) in [5.74, 6) is 0.961. The summed E-state index contributed by atoms with van der Waals surface area (Å²) in [6.07, 6.45) is 0.933. The summed E-state index contributed by atoms with van der Waals surface area (Å²) in [5.41, 5.74) is 2.18. The molecular formula is C21H31N5O2. The molecule has 1 amide bonds. The molecule has 1 fully saturated rings. The lowest BCUT2D eigenvalue weighted by Crippen LogP contribution is -2.49. The summed E-state index contributed by atoms with van der Waals surface area (Å²) in [7, 11) is 2.08. The summed E-state index contributed by atoms with van der Waals surface area (Å²) in [6.45, 7) is 8.53. The molecule has 152 valence electrons. The topological polar surface area (TPSA) is 64.8 Å². The number of piperazine rings is 1. The minimum Gasteiger partial charge on any atom is -0.375 e. The first kappa shape index (κ1) is 20.4. The fourth-order valence-electron chi connectivity index (χ4n) is 3.44. The largest absolute Gasteiger partial charge is 0.375 e. The molecule has 1 aromatic heterocycles. The van der Waals surface area contributed by atoms with E-state index in [1.165, 1.54) is 5.69 Å². The van der Waals surface area contributed by atoms with Crippen molar-refractivity contribution in [3.8, 4) is 0 Å². The van der Waals surface area contributed by atoms with Crippen LogP contribution in [0.25, 0.3) is 0 Å². The van der Waals surface area contributed by atoms with E-state index in [4.69, 9.17) is 4.52 Å². The third-order valence-corrected chi connectivity index (χ3v) is 5.08. The van der Waals surface area contributed by atoms with Crippen molar-refractivity contribution < 1.29 is 9.32 Å². The predicted octanol–water partition coefficient (Wildman–Crippen LogP) is 1.74. The van der Waals surface area contributed by atoms with E-state index in [0.717, 1.165) is 57.1 Å². The molecule has 1 aromatic carbocycles. The molecule has 0 unspecified atom stereocenters. The summed E-state index contributed by atoms with van der Waals surface area (Å²) < 4.78 is 5.12. The normalized spacial score (nSPS) is 15.5. The summed E-state index contributed by atoms with van der Waals surface area (Å²) in [4.78, 5) is 19.0. The molecule has 1 saturated heterocycles. The molecule has 2 heterocycles. The van der Waals surface area contributed by atoms with Gasteiger partial charge in [-0.15, -0.1) is 0 Å². The summed E-state index contributed by atoms with van der Waals surface area (Å²) in [6, 6.07) is 12.3. The highest BCUT2D eigenvalue weighted by Crippen LogP contribution is 2.11. The van der Waals surface area contributed by atoms with Crippen LogP contribution in [0.4, 0.5) is 5.69 Å². The maximum atomic E-state index is 12.2. The van der Waals surface area contributed by atoms with Crippen molar-refractivity contribution >= 4 is 11.6 Å². The fourth-order valence-corrected chi connectivity index (χ4v) is 3.44. The van der Waals surface area contributed by atoms with Crippen LogP contribution in [0.3, 0.4) is 0 Å². The molecule has 7 heteroatoms. The van der Waals surface area contributed by atoms with Gasteiger partial charge in [-0.05, 0) is 25.5 Å². The van der Waals surface area contributed by atoms with Crippen molar-refractivity contribution in [3.63, 3.8) is 0 Å². The van der Waals surface area contributed by atoms with Gasteiger partial charge >= 0.3 is 0 Å². The van der Waals surface area contributed by atoms with E-state index < -0.39 is 0 Å². The fraction of sp³-hybridized carbons (Fsp3) is 0.524. The Morgan fingerprint density at radius 1 is 1.18 bits per heavy atom.